The summed E-state index contributed by atoms with van der Waals surface area (Å²) in [6, 6.07) is 0. The Morgan fingerprint density at radius 2 is 2.00 bits per heavy atom. The number of allylic oxidation sites excluding steroid dienone is 2. The molecule has 0 bridgehead atoms. The Morgan fingerprint density at radius 3 is 2.10 bits per heavy atom. The molecular weight excluding hydrogens is 204 g/mol. The Labute approximate surface area is 88.8 Å². The van der Waals surface area contributed by atoms with Crippen LogP contribution in [0.5, 0.6) is 0 Å². The van der Waals surface area contributed by atoms with Gasteiger partial charge >= 0.3 is 23.1 Å². The molecule has 0 N–H and O–H groups in total. The van der Waals surface area contributed by atoms with Crippen LogP contribution < -0.4 is 22.1 Å². The summed E-state index contributed by atoms with van der Waals surface area (Å²) in [5, 5.41) is 10.7. The predicted molar refractivity (Wildman–Crippen MR) is 36.9 cm³/mol. The van der Waals surface area contributed by atoms with Gasteiger partial charge in [-0.1, -0.05) is 12.5 Å². The maximum atomic E-state index is 10.7. The SMILES string of the molecule is CC1=C([O-])CC[C@H]1C.[Br-].[Mg+2]. The van der Waals surface area contributed by atoms with Crippen LogP contribution in [-0.2, 0) is 0 Å². The fourth-order valence-corrected chi connectivity index (χ4v) is 1.04. The molecule has 1 aliphatic carbocycles. The Bertz CT molecular complexity index is 134. The van der Waals surface area contributed by atoms with Gasteiger partial charge in [0.25, 0.3) is 0 Å². The molecular formula is C7H11BrMgO. The third-order valence-electron chi connectivity index (χ3n) is 1.98. The van der Waals surface area contributed by atoms with Gasteiger partial charge in [-0.25, -0.2) is 0 Å². The van der Waals surface area contributed by atoms with Gasteiger partial charge in [0.2, 0.25) is 0 Å². The van der Waals surface area contributed by atoms with E-state index in [0.29, 0.717) is 11.7 Å². The van der Waals surface area contributed by atoms with Gasteiger partial charge in [-0.2, -0.15) is 0 Å². The molecule has 1 aliphatic rings. The van der Waals surface area contributed by atoms with Gasteiger partial charge in [0.15, 0.2) is 0 Å². The van der Waals surface area contributed by atoms with Crippen LogP contribution in [0.3, 0.4) is 0 Å². The Balaban J connectivity index is 0. The zero-order chi connectivity index (χ0) is 6.15. The third-order valence-corrected chi connectivity index (χ3v) is 1.98. The zero-order valence-corrected chi connectivity index (χ0v) is 9.49. The minimum atomic E-state index is 0. The molecule has 0 heterocycles. The fraction of sp³-hybridized carbons (Fsp3) is 0.714. The number of rotatable bonds is 0. The van der Waals surface area contributed by atoms with Crippen molar-refractivity contribution in [3.05, 3.63) is 11.3 Å². The van der Waals surface area contributed by atoms with Gasteiger partial charge < -0.3 is 22.1 Å². The second-order valence-electron chi connectivity index (χ2n) is 2.55. The summed E-state index contributed by atoms with van der Waals surface area (Å²) in [5.74, 6) is 0.931. The minimum absolute atomic E-state index is 0. The maximum absolute atomic E-state index is 10.7. The first-order valence-electron chi connectivity index (χ1n) is 3.08. The standard InChI is InChI=1S/C7H12O.BrH.Mg/c1-5-3-4-7(8)6(5)2;;/h5,8H,3-4H2,1-2H3;1H;/q;;+2/p-2/t5-;;/m1../s1. The molecule has 1 atom stereocenters. The second kappa shape index (κ2) is 5.44. The molecule has 0 saturated carbocycles. The molecule has 0 aromatic carbocycles. The average Bonchev–Trinajstić information content (AvgIpc) is 1.98. The van der Waals surface area contributed by atoms with Crippen LogP contribution in [-0.4, -0.2) is 23.1 Å². The summed E-state index contributed by atoms with van der Waals surface area (Å²) in [6.07, 6.45) is 1.86. The first kappa shape index (κ1) is 13.4. The van der Waals surface area contributed by atoms with Crippen molar-refractivity contribution < 1.29 is 22.1 Å². The largest absolute Gasteiger partial charge is 2.00 e. The summed E-state index contributed by atoms with van der Waals surface area (Å²) in [5.41, 5.74) is 1.07. The van der Waals surface area contributed by atoms with Crippen LogP contribution in [0.2, 0.25) is 0 Å². The van der Waals surface area contributed by atoms with E-state index in [1.54, 1.807) is 0 Å². The van der Waals surface area contributed by atoms with Gasteiger partial charge in [-0.3, -0.25) is 0 Å². The number of hydrogen-bond donors (Lipinski definition) is 0. The van der Waals surface area contributed by atoms with E-state index in [9.17, 15) is 5.11 Å². The van der Waals surface area contributed by atoms with Crippen LogP contribution in [0.15, 0.2) is 11.3 Å². The molecule has 3 heteroatoms. The first-order valence-corrected chi connectivity index (χ1v) is 3.08. The van der Waals surface area contributed by atoms with Crippen LogP contribution in [0.4, 0.5) is 0 Å². The number of hydrogen-bond acceptors (Lipinski definition) is 1. The van der Waals surface area contributed by atoms with E-state index < -0.39 is 0 Å². The molecule has 0 spiro atoms. The molecule has 0 saturated heterocycles. The van der Waals surface area contributed by atoms with E-state index in [2.05, 4.69) is 6.92 Å². The topological polar surface area (TPSA) is 23.1 Å². The van der Waals surface area contributed by atoms with Gasteiger partial charge in [0.05, 0.1) is 0 Å². The molecule has 0 aliphatic heterocycles. The monoisotopic (exact) mass is 214 g/mol. The smallest absolute Gasteiger partial charge is 1.00 e. The van der Waals surface area contributed by atoms with Crippen molar-refractivity contribution in [3.63, 3.8) is 0 Å². The molecule has 0 aromatic heterocycles. The average molecular weight is 215 g/mol. The van der Waals surface area contributed by atoms with Crippen molar-refractivity contribution in [2.75, 3.05) is 0 Å². The van der Waals surface area contributed by atoms with Gasteiger partial charge in [-0.15, -0.1) is 5.76 Å². The third kappa shape index (κ3) is 2.80. The molecule has 1 nitrogen and oxygen atoms in total. The summed E-state index contributed by atoms with van der Waals surface area (Å²) < 4.78 is 0. The van der Waals surface area contributed by atoms with Crippen LogP contribution in [0.25, 0.3) is 0 Å². The maximum Gasteiger partial charge on any atom is 2.00 e. The van der Waals surface area contributed by atoms with E-state index in [-0.39, 0.29) is 40.0 Å². The minimum Gasteiger partial charge on any atom is -1.00 e. The normalized spacial score (nSPS) is 23.6. The molecule has 0 fully saturated rings. The van der Waals surface area contributed by atoms with E-state index in [1.165, 1.54) is 0 Å². The molecule has 0 unspecified atom stereocenters. The van der Waals surface area contributed by atoms with Gasteiger partial charge in [-0.05, 0) is 25.7 Å². The second-order valence-corrected chi connectivity index (χ2v) is 2.55. The zero-order valence-electron chi connectivity index (χ0n) is 6.48. The molecule has 0 amide bonds. The van der Waals surface area contributed by atoms with Crippen molar-refractivity contribution in [2.45, 2.75) is 26.7 Å². The van der Waals surface area contributed by atoms with Gasteiger partial charge in [0, 0.05) is 0 Å². The van der Waals surface area contributed by atoms with Crippen molar-refractivity contribution >= 4 is 23.1 Å². The Morgan fingerprint density at radius 1 is 1.50 bits per heavy atom. The molecule has 1 rings (SSSR count). The van der Waals surface area contributed by atoms with Crippen molar-refractivity contribution in [3.8, 4) is 0 Å². The van der Waals surface area contributed by atoms with Crippen LogP contribution >= 0.6 is 0 Å². The summed E-state index contributed by atoms with van der Waals surface area (Å²) in [7, 11) is 0. The van der Waals surface area contributed by atoms with Crippen molar-refractivity contribution in [1.82, 2.24) is 0 Å². The van der Waals surface area contributed by atoms with E-state index in [1.807, 2.05) is 6.92 Å². The summed E-state index contributed by atoms with van der Waals surface area (Å²) >= 11 is 0. The van der Waals surface area contributed by atoms with E-state index >= 15 is 0 Å². The molecule has 0 aromatic rings. The Kier molecular flexibility index (Phi) is 7.28. The number of halogens is 1. The summed E-state index contributed by atoms with van der Waals surface area (Å²) in [6.45, 7) is 4.06. The quantitative estimate of drug-likeness (QED) is 0.416. The van der Waals surface area contributed by atoms with E-state index in [0.717, 1.165) is 18.4 Å². The first-order chi connectivity index (χ1) is 3.72. The predicted octanol–water partition coefficient (Wildman–Crippen LogP) is -2.33. The Hall–Kier alpha value is 0.786. The molecule has 10 heavy (non-hydrogen) atoms. The van der Waals surface area contributed by atoms with Crippen molar-refractivity contribution in [1.29, 1.82) is 0 Å². The van der Waals surface area contributed by atoms with Crippen LogP contribution in [0.1, 0.15) is 26.7 Å². The van der Waals surface area contributed by atoms with Crippen molar-refractivity contribution in [2.24, 2.45) is 5.92 Å². The molecule has 54 valence electrons. The van der Waals surface area contributed by atoms with Gasteiger partial charge in [0.1, 0.15) is 0 Å². The fourth-order valence-electron chi connectivity index (χ4n) is 1.04. The van der Waals surface area contributed by atoms with E-state index in [4.69, 9.17) is 0 Å². The van der Waals surface area contributed by atoms with Crippen LogP contribution in [0, 0.1) is 5.92 Å². The molecule has 0 radical (unpaired) electrons. The summed E-state index contributed by atoms with van der Waals surface area (Å²) in [4.78, 5) is 0.